The SMILES string of the molecule is C[C@@H](NC(=O)[C@H](C)N(c1cccc(Cl)c1)S(C)(=O)=O)c1ccc(S(C)(=O)=O)cc1. The van der Waals surface area contributed by atoms with E-state index in [9.17, 15) is 21.6 Å². The van der Waals surface area contributed by atoms with Crippen LogP contribution in [0.2, 0.25) is 5.02 Å². The van der Waals surface area contributed by atoms with Gasteiger partial charge in [-0.3, -0.25) is 9.10 Å². The van der Waals surface area contributed by atoms with Crippen molar-refractivity contribution in [1.82, 2.24) is 5.32 Å². The first-order valence-electron chi connectivity index (χ1n) is 8.66. The molecule has 2 rings (SSSR count). The zero-order chi connectivity index (χ0) is 22.0. The Morgan fingerprint density at radius 2 is 1.59 bits per heavy atom. The first-order valence-corrected chi connectivity index (χ1v) is 12.8. The summed E-state index contributed by atoms with van der Waals surface area (Å²) in [5.41, 5.74) is 0.972. The highest BCUT2D eigenvalue weighted by Gasteiger charge is 2.30. The molecule has 0 unspecified atom stereocenters. The fourth-order valence-electron chi connectivity index (χ4n) is 2.84. The lowest BCUT2D eigenvalue weighted by Gasteiger charge is -2.29. The highest BCUT2D eigenvalue weighted by molar-refractivity contribution is 7.92. The normalized spacial score (nSPS) is 14.1. The van der Waals surface area contributed by atoms with Crippen LogP contribution in [0.5, 0.6) is 0 Å². The van der Waals surface area contributed by atoms with Gasteiger partial charge in [-0.05, 0) is 49.7 Å². The van der Waals surface area contributed by atoms with Crippen LogP contribution < -0.4 is 9.62 Å². The maximum absolute atomic E-state index is 12.8. The summed E-state index contributed by atoms with van der Waals surface area (Å²) in [7, 11) is -7.07. The molecule has 0 aliphatic rings. The molecule has 0 radical (unpaired) electrons. The van der Waals surface area contributed by atoms with Crippen molar-refractivity contribution >= 4 is 43.1 Å². The summed E-state index contributed by atoms with van der Waals surface area (Å²) in [5.74, 6) is -0.505. The largest absolute Gasteiger partial charge is 0.348 e. The van der Waals surface area contributed by atoms with Gasteiger partial charge in [0.1, 0.15) is 6.04 Å². The van der Waals surface area contributed by atoms with Crippen molar-refractivity contribution in [3.05, 3.63) is 59.1 Å². The molecule has 29 heavy (non-hydrogen) atoms. The summed E-state index contributed by atoms with van der Waals surface area (Å²) in [5, 5.41) is 3.11. The fraction of sp³-hybridized carbons (Fsp3) is 0.316. The number of nitrogens with one attached hydrogen (secondary N) is 1. The maximum Gasteiger partial charge on any atom is 0.244 e. The van der Waals surface area contributed by atoms with Gasteiger partial charge in [0.25, 0.3) is 0 Å². The summed E-state index contributed by atoms with van der Waals surface area (Å²) in [4.78, 5) is 12.9. The molecule has 0 aromatic heterocycles. The number of carbonyl (C=O) groups is 1. The zero-order valence-corrected chi connectivity index (χ0v) is 18.8. The number of amides is 1. The van der Waals surface area contributed by atoms with E-state index in [1.165, 1.54) is 25.1 Å². The van der Waals surface area contributed by atoms with Crippen LogP contribution in [-0.2, 0) is 24.7 Å². The molecule has 0 spiro atoms. The molecule has 0 fully saturated rings. The van der Waals surface area contributed by atoms with Gasteiger partial charge in [-0.2, -0.15) is 0 Å². The number of benzene rings is 2. The number of anilines is 1. The number of carbonyl (C=O) groups excluding carboxylic acids is 1. The van der Waals surface area contributed by atoms with Crippen molar-refractivity contribution in [2.24, 2.45) is 0 Å². The van der Waals surface area contributed by atoms with Gasteiger partial charge in [-0.15, -0.1) is 0 Å². The Hall–Kier alpha value is -2.10. The monoisotopic (exact) mass is 458 g/mol. The van der Waals surface area contributed by atoms with Crippen molar-refractivity contribution in [2.45, 2.75) is 30.8 Å². The van der Waals surface area contributed by atoms with E-state index in [0.717, 1.165) is 16.8 Å². The molecule has 158 valence electrons. The highest BCUT2D eigenvalue weighted by atomic mass is 35.5. The van der Waals surface area contributed by atoms with Crippen LogP contribution in [-0.4, -0.2) is 41.3 Å². The molecule has 0 saturated carbocycles. The third-order valence-corrected chi connectivity index (χ3v) is 6.92. The van der Waals surface area contributed by atoms with E-state index in [1.54, 1.807) is 37.3 Å². The van der Waals surface area contributed by atoms with Crippen LogP contribution >= 0.6 is 11.6 Å². The van der Waals surface area contributed by atoms with Crippen LogP contribution in [0.25, 0.3) is 0 Å². The fourth-order valence-corrected chi connectivity index (χ4v) is 4.82. The molecule has 0 aliphatic heterocycles. The van der Waals surface area contributed by atoms with Crippen LogP contribution in [0.3, 0.4) is 0 Å². The van der Waals surface area contributed by atoms with Crippen molar-refractivity contribution in [1.29, 1.82) is 0 Å². The van der Waals surface area contributed by atoms with Crippen molar-refractivity contribution < 1.29 is 21.6 Å². The number of nitrogens with zero attached hydrogens (tertiary/aromatic N) is 1. The summed E-state index contributed by atoms with van der Waals surface area (Å²) < 4.78 is 48.8. The van der Waals surface area contributed by atoms with E-state index < -0.39 is 37.9 Å². The molecular weight excluding hydrogens is 436 g/mol. The van der Waals surface area contributed by atoms with Crippen LogP contribution in [0, 0.1) is 0 Å². The van der Waals surface area contributed by atoms with E-state index >= 15 is 0 Å². The molecule has 0 bridgehead atoms. The molecule has 0 heterocycles. The second kappa shape index (κ2) is 8.73. The first kappa shape index (κ1) is 23.2. The Balaban J connectivity index is 2.23. The Morgan fingerprint density at radius 1 is 1.00 bits per heavy atom. The Bertz CT molecular complexity index is 1100. The smallest absolute Gasteiger partial charge is 0.244 e. The van der Waals surface area contributed by atoms with Gasteiger partial charge in [0, 0.05) is 11.3 Å². The van der Waals surface area contributed by atoms with E-state index in [1.807, 2.05) is 0 Å². The van der Waals surface area contributed by atoms with Crippen LogP contribution in [0.15, 0.2) is 53.4 Å². The second-order valence-electron chi connectivity index (χ2n) is 6.79. The van der Waals surface area contributed by atoms with Crippen LogP contribution in [0.4, 0.5) is 5.69 Å². The van der Waals surface area contributed by atoms with Crippen molar-refractivity contribution in [3.63, 3.8) is 0 Å². The topological polar surface area (TPSA) is 101 Å². The molecule has 0 saturated heterocycles. The van der Waals surface area contributed by atoms with Crippen molar-refractivity contribution in [2.75, 3.05) is 16.8 Å². The second-order valence-corrected chi connectivity index (χ2v) is 11.1. The van der Waals surface area contributed by atoms with Crippen molar-refractivity contribution in [3.8, 4) is 0 Å². The minimum absolute atomic E-state index is 0.178. The Morgan fingerprint density at radius 3 is 2.07 bits per heavy atom. The van der Waals surface area contributed by atoms with Gasteiger partial charge in [0.15, 0.2) is 9.84 Å². The molecule has 7 nitrogen and oxygen atoms in total. The predicted molar refractivity (Wildman–Crippen MR) is 114 cm³/mol. The van der Waals surface area contributed by atoms with Gasteiger partial charge in [0.2, 0.25) is 15.9 Å². The molecule has 2 aromatic rings. The number of sulfonamides is 1. The lowest BCUT2D eigenvalue weighted by molar-refractivity contribution is -0.122. The highest BCUT2D eigenvalue weighted by Crippen LogP contribution is 2.25. The van der Waals surface area contributed by atoms with E-state index in [2.05, 4.69) is 5.32 Å². The number of hydrogen-bond donors (Lipinski definition) is 1. The summed E-state index contributed by atoms with van der Waals surface area (Å²) in [6, 6.07) is 10.9. The van der Waals surface area contributed by atoms with Gasteiger partial charge in [0.05, 0.1) is 22.9 Å². The molecule has 1 amide bonds. The number of rotatable bonds is 7. The average molecular weight is 459 g/mol. The van der Waals surface area contributed by atoms with Crippen LogP contribution in [0.1, 0.15) is 25.5 Å². The van der Waals surface area contributed by atoms with E-state index in [0.29, 0.717) is 10.6 Å². The summed E-state index contributed by atoms with van der Waals surface area (Å²) in [6.07, 6.45) is 2.13. The molecular formula is C19H23ClN2O5S2. The van der Waals surface area contributed by atoms with E-state index in [4.69, 9.17) is 11.6 Å². The number of hydrogen-bond acceptors (Lipinski definition) is 5. The lowest BCUT2D eigenvalue weighted by atomic mass is 10.1. The molecule has 1 N–H and O–H groups in total. The quantitative estimate of drug-likeness (QED) is 0.687. The summed E-state index contributed by atoms with van der Waals surface area (Å²) >= 11 is 5.97. The minimum Gasteiger partial charge on any atom is -0.348 e. The third kappa shape index (κ3) is 5.94. The standard InChI is InChI=1S/C19H23ClN2O5S2/c1-13(15-8-10-18(11-9-15)28(3,24)25)21-19(23)14(2)22(29(4,26)27)17-7-5-6-16(20)12-17/h5-14H,1-4H3,(H,21,23)/t13-,14+/m1/s1. The zero-order valence-electron chi connectivity index (χ0n) is 16.5. The van der Waals surface area contributed by atoms with Gasteiger partial charge in [-0.1, -0.05) is 29.8 Å². The summed E-state index contributed by atoms with van der Waals surface area (Å²) in [6.45, 7) is 3.21. The predicted octanol–water partition coefficient (Wildman–Crippen LogP) is 2.78. The molecule has 0 aliphatic carbocycles. The van der Waals surface area contributed by atoms with Gasteiger partial charge in [-0.25, -0.2) is 16.8 Å². The molecule has 2 atom stereocenters. The first-order chi connectivity index (χ1) is 13.3. The minimum atomic E-state index is -3.75. The molecule has 10 heteroatoms. The third-order valence-electron chi connectivity index (χ3n) is 4.32. The molecule has 2 aromatic carbocycles. The number of sulfone groups is 1. The Kier molecular flexibility index (Phi) is 6.97. The average Bonchev–Trinajstić information content (AvgIpc) is 2.60. The Labute approximate surface area is 176 Å². The number of halogens is 1. The lowest BCUT2D eigenvalue weighted by Crippen LogP contribution is -2.48. The van der Waals surface area contributed by atoms with Gasteiger partial charge >= 0.3 is 0 Å². The van der Waals surface area contributed by atoms with Gasteiger partial charge < -0.3 is 5.32 Å². The van der Waals surface area contributed by atoms with E-state index in [-0.39, 0.29) is 10.6 Å². The maximum atomic E-state index is 12.8.